The molecule has 0 aliphatic carbocycles. The normalized spacial score (nSPS) is 21.7. The van der Waals surface area contributed by atoms with Crippen molar-refractivity contribution >= 4 is 5.71 Å². The van der Waals surface area contributed by atoms with Crippen LogP contribution in [0.2, 0.25) is 0 Å². The Labute approximate surface area is 79.5 Å². The van der Waals surface area contributed by atoms with Crippen molar-refractivity contribution in [3.63, 3.8) is 0 Å². The Bertz CT molecular complexity index is 339. The summed E-state index contributed by atoms with van der Waals surface area (Å²) in [7, 11) is 0. The summed E-state index contributed by atoms with van der Waals surface area (Å²) in [6.45, 7) is 4.34. The molecule has 0 amide bonds. The van der Waals surface area contributed by atoms with Crippen LogP contribution in [0.15, 0.2) is 29.3 Å². The molecule has 68 valence electrons. The zero-order valence-corrected chi connectivity index (χ0v) is 8.25. The number of nitrogens with zero attached hydrogens (tertiary/aromatic N) is 1. The molecule has 1 aromatic carbocycles. The fourth-order valence-corrected chi connectivity index (χ4v) is 1.84. The Hall–Kier alpha value is -1.11. The highest BCUT2D eigenvalue weighted by Gasteiger charge is 2.15. The molecule has 1 aromatic rings. The first-order chi connectivity index (χ1) is 6.27. The van der Waals surface area contributed by atoms with Crippen molar-refractivity contribution in [3.8, 4) is 0 Å². The summed E-state index contributed by atoms with van der Waals surface area (Å²) in [6.07, 6.45) is 2.36. The van der Waals surface area contributed by atoms with Crippen LogP contribution in [0.5, 0.6) is 0 Å². The summed E-state index contributed by atoms with van der Waals surface area (Å²) >= 11 is 0. The Kier molecular flexibility index (Phi) is 2.17. The van der Waals surface area contributed by atoms with Gasteiger partial charge in [-0.2, -0.15) is 0 Å². The third kappa shape index (κ3) is 1.64. The van der Waals surface area contributed by atoms with Crippen LogP contribution in [-0.4, -0.2) is 11.8 Å². The van der Waals surface area contributed by atoms with Gasteiger partial charge in [0.1, 0.15) is 0 Å². The summed E-state index contributed by atoms with van der Waals surface area (Å²) in [4.78, 5) is 4.64. The van der Waals surface area contributed by atoms with Gasteiger partial charge in [0.05, 0.1) is 0 Å². The van der Waals surface area contributed by atoms with Gasteiger partial charge < -0.3 is 0 Å². The highest BCUT2D eigenvalue weighted by atomic mass is 14.8. The van der Waals surface area contributed by atoms with Crippen LogP contribution in [0.4, 0.5) is 0 Å². The maximum absolute atomic E-state index is 4.64. The van der Waals surface area contributed by atoms with Crippen molar-refractivity contribution in [2.24, 2.45) is 4.99 Å². The van der Waals surface area contributed by atoms with Crippen molar-refractivity contribution in [2.45, 2.75) is 32.7 Å². The minimum atomic E-state index is 0.523. The predicted octanol–water partition coefficient (Wildman–Crippen LogP) is 2.97. The van der Waals surface area contributed by atoms with E-state index in [2.05, 4.69) is 43.1 Å². The summed E-state index contributed by atoms with van der Waals surface area (Å²) in [5, 5.41) is 0. The lowest BCUT2D eigenvalue weighted by Crippen LogP contribution is -1.98. The average molecular weight is 173 g/mol. The smallest absolute Gasteiger partial charge is 0.0478 e. The van der Waals surface area contributed by atoms with Crippen molar-refractivity contribution < 1.29 is 0 Å². The van der Waals surface area contributed by atoms with Crippen LogP contribution in [0, 0.1) is 6.92 Å². The molecule has 1 atom stereocenters. The number of benzene rings is 1. The SMILES string of the molecule is Cc1ccccc1C1=N[C@@H](C)CC1. The summed E-state index contributed by atoms with van der Waals surface area (Å²) < 4.78 is 0. The minimum absolute atomic E-state index is 0.523. The van der Waals surface area contributed by atoms with Crippen LogP contribution in [-0.2, 0) is 0 Å². The molecule has 2 rings (SSSR count). The Morgan fingerprint density at radius 3 is 2.69 bits per heavy atom. The molecule has 0 N–H and O–H groups in total. The van der Waals surface area contributed by atoms with E-state index in [0.717, 1.165) is 6.42 Å². The van der Waals surface area contributed by atoms with Crippen molar-refractivity contribution in [2.75, 3.05) is 0 Å². The second-order valence-electron chi connectivity index (χ2n) is 3.78. The Morgan fingerprint density at radius 1 is 1.31 bits per heavy atom. The lowest BCUT2D eigenvalue weighted by Gasteiger charge is -2.03. The molecule has 0 spiro atoms. The van der Waals surface area contributed by atoms with E-state index < -0.39 is 0 Å². The second-order valence-corrected chi connectivity index (χ2v) is 3.78. The molecule has 1 heteroatoms. The molecular formula is C12H15N. The van der Waals surface area contributed by atoms with E-state index in [9.17, 15) is 0 Å². The first-order valence-corrected chi connectivity index (χ1v) is 4.90. The number of aliphatic imine (C=N–C) groups is 1. The van der Waals surface area contributed by atoms with E-state index in [0.29, 0.717) is 6.04 Å². The average Bonchev–Trinajstić information content (AvgIpc) is 2.53. The first kappa shape index (κ1) is 8.49. The highest BCUT2D eigenvalue weighted by molar-refractivity contribution is 6.02. The molecule has 1 nitrogen and oxygen atoms in total. The Balaban J connectivity index is 2.36. The monoisotopic (exact) mass is 173 g/mol. The summed E-state index contributed by atoms with van der Waals surface area (Å²) in [6, 6.07) is 9.02. The maximum atomic E-state index is 4.64. The third-order valence-corrected chi connectivity index (χ3v) is 2.63. The largest absolute Gasteiger partial charge is 0.286 e. The van der Waals surface area contributed by atoms with Crippen LogP contribution in [0.1, 0.15) is 30.9 Å². The molecule has 0 fully saturated rings. The van der Waals surface area contributed by atoms with Gasteiger partial charge >= 0.3 is 0 Å². The van der Waals surface area contributed by atoms with E-state index in [1.54, 1.807) is 0 Å². The van der Waals surface area contributed by atoms with Crippen LogP contribution < -0.4 is 0 Å². The maximum Gasteiger partial charge on any atom is 0.0478 e. The molecule has 0 aromatic heterocycles. The summed E-state index contributed by atoms with van der Waals surface area (Å²) in [5.41, 5.74) is 3.98. The van der Waals surface area contributed by atoms with E-state index in [1.807, 2.05) is 0 Å². The molecule has 0 bridgehead atoms. The van der Waals surface area contributed by atoms with Gasteiger partial charge in [-0.05, 0) is 37.8 Å². The zero-order chi connectivity index (χ0) is 9.26. The molecule has 13 heavy (non-hydrogen) atoms. The number of aryl methyl sites for hydroxylation is 1. The van der Waals surface area contributed by atoms with Gasteiger partial charge in [0, 0.05) is 11.8 Å². The van der Waals surface area contributed by atoms with Crippen LogP contribution in [0.25, 0.3) is 0 Å². The predicted molar refractivity (Wildman–Crippen MR) is 56.4 cm³/mol. The molecule has 1 heterocycles. The number of hydrogen-bond donors (Lipinski definition) is 0. The van der Waals surface area contributed by atoms with Crippen LogP contribution in [0.3, 0.4) is 0 Å². The minimum Gasteiger partial charge on any atom is -0.286 e. The molecule has 1 aliphatic heterocycles. The van der Waals surface area contributed by atoms with Crippen molar-refractivity contribution in [1.29, 1.82) is 0 Å². The standard InChI is InChI=1S/C12H15N/c1-9-5-3-4-6-11(9)12-8-7-10(2)13-12/h3-6,10H,7-8H2,1-2H3/t10-/m0/s1. The topological polar surface area (TPSA) is 12.4 Å². The van der Waals surface area contributed by atoms with Gasteiger partial charge in [-0.25, -0.2) is 0 Å². The van der Waals surface area contributed by atoms with E-state index in [1.165, 1.54) is 23.3 Å². The second kappa shape index (κ2) is 3.33. The van der Waals surface area contributed by atoms with Gasteiger partial charge in [-0.3, -0.25) is 4.99 Å². The molecular weight excluding hydrogens is 158 g/mol. The van der Waals surface area contributed by atoms with E-state index >= 15 is 0 Å². The fraction of sp³-hybridized carbons (Fsp3) is 0.417. The summed E-state index contributed by atoms with van der Waals surface area (Å²) in [5.74, 6) is 0. The Morgan fingerprint density at radius 2 is 2.08 bits per heavy atom. The van der Waals surface area contributed by atoms with Gasteiger partial charge in [0.15, 0.2) is 0 Å². The van der Waals surface area contributed by atoms with E-state index in [-0.39, 0.29) is 0 Å². The number of hydrogen-bond acceptors (Lipinski definition) is 1. The van der Waals surface area contributed by atoms with Gasteiger partial charge in [-0.15, -0.1) is 0 Å². The van der Waals surface area contributed by atoms with Gasteiger partial charge in [0.25, 0.3) is 0 Å². The highest BCUT2D eigenvalue weighted by Crippen LogP contribution is 2.20. The lowest BCUT2D eigenvalue weighted by atomic mass is 10.0. The molecule has 0 unspecified atom stereocenters. The van der Waals surface area contributed by atoms with Gasteiger partial charge in [0.2, 0.25) is 0 Å². The fourth-order valence-electron chi connectivity index (χ4n) is 1.84. The quantitative estimate of drug-likeness (QED) is 0.619. The zero-order valence-electron chi connectivity index (χ0n) is 8.25. The lowest BCUT2D eigenvalue weighted by molar-refractivity contribution is 0.739. The van der Waals surface area contributed by atoms with Gasteiger partial charge in [-0.1, -0.05) is 24.3 Å². The number of rotatable bonds is 1. The molecule has 0 saturated carbocycles. The first-order valence-electron chi connectivity index (χ1n) is 4.90. The van der Waals surface area contributed by atoms with Crippen molar-refractivity contribution in [1.82, 2.24) is 0 Å². The molecule has 0 radical (unpaired) electrons. The van der Waals surface area contributed by atoms with Crippen molar-refractivity contribution in [3.05, 3.63) is 35.4 Å². The van der Waals surface area contributed by atoms with E-state index in [4.69, 9.17) is 0 Å². The third-order valence-electron chi connectivity index (χ3n) is 2.63. The molecule has 0 saturated heterocycles. The molecule has 1 aliphatic rings. The van der Waals surface area contributed by atoms with Crippen LogP contribution >= 0.6 is 0 Å².